The Morgan fingerprint density at radius 2 is 2.11 bits per heavy atom. The van der Waals surface area contributed by atoms with Crippen LogP contribution in [0.15, 0.2) is 48.8 Å². The minimum atomic E-state index is 0.173. The molecule has 2 aromatic rings. The van der Waals surface area contributed by atoms with E-state index in [2.05, 4.69) is 40.2 Å². The van der Waals surface area contributed by atoms with Crippen molar-refractivity contribution in [2.24, 2.45) is 5.73 Å². The van der Waals surface area contributed by atoms with E-state index in [9.17, 15) is 0 Å². The Hall–Kier alpha value is -1.87. The average Bonchev–Trinajstić information content (AvgIpc) is 2.44. The summed E-state index contributed by atoms with van der Waals surface area (Å²) >= 11 is 0. The SMILES string of the molecule is NC1CCN(Cc2cccnc2)c2ccccc21. The smallest absolute Gasteiger partial charge is 0.0444 e. The molecule has 0 fully saturated rings. The molecule has 1 atom stereocenters. The van der Waals surface area contributed by atoms with Crippen LogP contribution in [0.4, 0.5) is 5.69 Å². The molecule has 0 radical (unpaired) electrons. The zero-order valence-electron chi connectivity index (χ0n) is 10.3. The van der Waals surface area contributed by atoms with Crippen molar-refractivity contribution in [3.05, 3.63) is 59.9 Å². The summed E-state index contributed by atoms with van der Waals surface area (Å²) < 4.78 is 0. The number of nitrogens with zero attached hydrogens (tertiary/aromatic N) is 2. The predicted molar refractivity (Wildman–Crippen MR) is 73.3 cm³/mol. The van der Waals surface area contributed by atoms with Gasteiger partial charge in [-0.2, -0.15) is 0 Å². The Balaban J connectivity index is 1.89. The van der Waals surface area contributed by atoms with Crippen molar-refractivity contribution < 1.29 is 0 Å². The van der Waals surface area contributed by atoms with Crippen LogP contribution < -0.4 is 10.6 Å². The molecule has 1 aliphatic rings. The van der Waals surface area contributed by atoms with Gasteiger partial charge in [-0.05, 0) is 29.7 Å². The van der Waals surface area contributed by atoms with E-state index in [-0.39, 0.29) is 6.04 Å². The van der Waals surface area contributed by atoms with Gasteiger partial charge in [0.05, 0.1) is 0 Å². The predicted octanol–water partition coefficient (Wildman–Crippen LogP) is 2.49. The zero-order valence-corrected chi connectivity index (χ0v) is 10.3. The lowest BCUT2D eigenvalue weighted by Gasteiger charge is -2.34. The quantitative estimate of drug-likeness (QED) is 0.875. The van der Waals surface area contributed by atoms with Gasteiger partial charge in [0.2, 0.25) is 0 Å². The molecular formula is C15H17N3. The van der Waals surface area contributed by atoms with Gasteiger partial charge in [-0.1, -0.05) is 24.3 Å². The second kappa shape index (κ2) is 4.78. The van der Waals surface area contributed by atoms with Crippen molar-refractivity contribution in [1.82, 2.24) is 4.98 Å². The number of fused-ring (bicyclic) bond motifs is 1. The van der Waals surface area contributed by atoms with Gasteiger partial charge in [0.25, 0.3) is 0 Å². The molecule has 0 saturated carbocycles. The summed E-state index contributed by atoms with van der Waals surface area (Å²) in [5.74, 6) is 0. The van der Waals surface area contributed by atoms with Crippen molar-refractivity contribution in [2.75, 3.05) is 11.4 Å². The Labute approximate surface area is 107 Å². The molecule has 1 aromatic heterocycles. The van der Waals surface area contributed by atoms with Crippen molar-refractivity contribution in [1.29, 1.82) is 0 Å². The van der Waals surface area contributed by atoms with E-state index in [0.717, 1.165) is 19.5 Å². The molecular weight excluding hydrogens is 222 g/mol. The average molecular weight is 239 g/mol. The van der Waals surface area contributed by atoms with Crippen LogP contribution in [0, 0.1) is 0 Å². The third kappa shape index (κ3) is 2.09. The monoisotopic (exact) mass is 239 g/mol. The molecule has 3 heteroatoms. The van der Waals surface area contributed by atoms with Crippen LogP contribution in [0.3, 0.4) is 0 Å². The number of pyridine rings is 1. The Bertz CT molecular complexity index is 524. The molecule has 0 saturated heterocycles. The Morgan fingerprint density at radius 1 is 1.22 bits per heavy atom. The molecule has 1 unspecified atom stereocenters. The minimum Gasteiger partial charge on any atom is -0.367 e. The second-order valence-corrected chi connectivity index (χ2v) is 4.74. The van der Waals surface area contributed by atoms with Crippen LogP contribution in [0.25, 0.3) is 0 Å². The molecule has 3 nitrogen and oxygen atoms in total. The van der Waals surface area contributed by atoms with Gasteiger partial charge in [-0.3, -0.25) is 4.98 Å². The lowest BCUT2D eigenvalue weighted by molar-refractivity contribution is 0.590. The molecule has 0 amide bonds. The van der Waals surface area contributed by atoms with E-state index in [1.165, 1.54) is 16.8 Å². The number of benzene rings is 1. The summed E-state index contributed by atoms with van der Waals surface area (Å²) in [7, 11) is 0. The van der Waals surface area contributed by atoms with Gasteiger partial charge in [0, 0.05) is 37.2 Å². The third-order valence-corrected chi connectivity index (χ3v) is 3.48. The second-order valence-electron chi connectivity index (χ2n) is 4.74. The molecule has 2 heterocycles. The van der Waals surface area contributed by atoms with Crippen LogP contribution in [-0.4, -0.2) is 11.5 Å². The Morgan fingerprint density at radius 3 is 2.94 bits per heavy atom. The van der Waals surface area contributed by atoms with Crippen molar-refractivity contribution in [3.8, 4) is 0 Å². The number of nitrogens with two attached hydrogens (primary N) is 1. The summed E-state index contributed by atoms with van der Waals surface area (Å²) in [6, 6.07) is 12.7. The molecule has 0 spiro atoms. The van der Waals surface area contributed by atoms with Gasteiger partial charge in [-0.25, -0.2) is 0 Å². The molecule has 1 aromatic carbocycles. The van der Waals surface area contributed by atoms with E-state index in [1.807, 2.05) is 18.5 Å². The van der Waals surface area contributed by atoms with Crippen molar-refractivity contribution in [2.45, 2.75) is 19.0 Å². The normalized spacial score (nSPS) is 18.5. The molecule has 2 N–H and O–H groups in total. The van der Waals surface area contributed by atoms with E-state index >= 15 is 0 Å². The van der Waals surface area contributed by atoms with E-state index in [1.54, 1.807) is 0 Å². The number of para-hydroxylation sites is 1. The number of aromatic nitrogens is 1. The van der Waals surface area contributed by atoms with E-state index in [4.69, 9.17) is 5.73 Å². The third-order valence-electron chi connectivity index (χ3n) is 3.48. The van der Waals surface area contributed by atoms with Crippen LogP contribution >= 0.6 is 0 Å². The fourth-order valence-corrected chi connectivity index (χ4v) is 2.54. The first kappa shape index (κ1) is 11.2. The number of anilines is 1. The van der Waals surface area contributed by atoms with Gasteiger partial charge < -0.3 is 10.6 Å². The maximum atomic E-state index is 6.16. The summed E-state index contributed by atoms with van der Waals surface area (Å²) in [6.07, 6.45) is 4.75. The number of hydrogen-bond acceptors (Lipinski definition) is 3. The lowest BCUT2D eigenvalue weighted by Crippen LogP contribution is -2.33. The maximum Gasteiger partial charge on any atom is 0.0444 e. The first-order chi connectivity index (χ1) is 8.84. The highest BCUT2D eigenvalue weighted by Gasteiger charge is 2.21. The summed E-state index contributed by atoms with van der Waals surface area (Å²) in [5.41, 5.74) is 9.92. The zero-order chi connectivity index (χ0) is 12.4. The fraction of sp³-hybridized carbons (Fsp3) is 0.267. The van der Waals surface area contributed by atoms with Crippen LogP contribution in [0.5, 0.6) is 0 Å². The minimum absolute atomic E-state index is 0.173. The molecule has 3 rings (SSSR count). The van der Waals surface area contributed by atoms with Crippen LogP contribution in [0.1, 0.15) is 23.6 Å². The first-order valence-electron chi connectivity index (χ1n) is 6.33. The Kier molecular flexibility index (Phi) is 2.99. The summed E-state index contributed by atoms with van der Waals surface area (Å²) in [6.45, 7) is 1.91. The number of rotatable bonds is 2. The standard InChI is InChI=1S/C15H17N3/c16-14-7-9-18(11-12-4-3-8-17-10-12)15-6-2-1-5-13(14)15/h1-6,8,10,14H,7,9,11,16H2. The van der Waals surface area contributed by atoms with Crippen molar-refractivity contribution in [3.63, 3.8) is 0 Å². The van der Waals surface area contributed by atoms with Gasteiger partial charge in [0.15, 0.2) is 0 Å². The van der Waals surface area contributed by atoms with E-state index in [0.29, 0.717) is 0 Å². The molecule has 92 valence electrons. The molecule has 18 heavy (non-hydrogen) atoms. The number of hydrogen-bond donors (Lipinski definition) is 1. The molecule has 0 aliphatic carbocycles. The summed E-state index contributed by atoms with van der Waals surface area (Å²) in [5, 5.41) is 0. The van der Waals surface area contributed by atoms with Crippen LogP contribution in [-0.2, 0) is 6.54 Å². The van der Waals surface area contributed by atoms with E-state index < -0.39 is 0 Å². The molecule has 0 bridgehead atoms. The van der Waals surface area contributed by atoms with Crippen molar-refractivity contribution >= 4 is 5.69 Å². The van der Waals surface area contributed by atoms with Crippen LogP contribution in [0.2, 0.25) is 0 Å². The van der Waals surface area contributed by atoms with Gasteiger partial charge in [-0.15, -0.1) is 0 Å². The first-order valence-corrected chi connectivity index (χ1v) is 6.33. The van der Waals surface area contributed by atoms with Gasteiger partial charge in [0.1, 0.15) is 0 Å². The van der Waals surface area contributed by atoms with Gasteiger partial charge >= 0.3 is 0 Å². The molecule has 1 aliphatic heterocycles. The highest BCUT2D eigenvalue weighted by Crippen LogP contribution is 2.32. The largest absolute Gasteiger partial charge is 0.367 e. The lowest BCUT2D eigenvalue weighted by atomic mass is 9.97. The maximum absolute atomic E-state index is 6.16. The summed E-state index contributed by atoms with van der Waals surface area (Å²) in [4.78, 5) is 6.55. The highest BCUT2D eigenvalue weighted by atomic mass is 15.1. The fourth-order valence-electron chi connectivity index (χ4n) is 2.54. The topological polar surface area (TPSA) is 42.1 Å². The highest BCUT2D eigenvalue weighted by molar-refractivity contribution is 5.57.